The minimum atomic E-state index is -0.111. The van der Waals surface area contributed by atoms with E-state index in [1.54, 1.807) is 23.1 Å². The number of hydrogen-bond donors (Lipinski definition) is 1. The number of rotatable bonds is 4. The van der Waals surface area contributed by atoms with Crippen molar-refractivity contribution >= 4 is 17.5 Å². The van der Waals surface area contributed by atoms with Crippen LogP contribution in [-0.4, -0.2) is 36.4 Å². The zero-order valence-electron chi connectivity index (χ0n) is 14.5. The Balaban J connectivity index is 1.75. The molecule has 25 heavy (non-hydrogen) atoms. The second-order valence-electron chi connectivity index (χ2n) is 6.16. The number of carbonyl (C=O) groups is 2. The number of nitrogens with one attached hydrogen (secondary N) is 1. The first kappa shape index (κ1) is 17.0. The molecule has 0 fully saturated rings. The summed E-state index contributed by atoms with van der Waals surface area (Å²) in [5.74, 6) is 0.391. The average Bonchev–Trinajstić information content (AvgIpc) is 2.74. The van der Waals surface area contributed by atoms with E-state index in [-0.39, 0.29) is 11.8 Å². The Hall–Kier alpha value is -2.82. The van der Waals surface area contributed by atoms with Gasteiger partial charge in [0.2, 0.25) is 5.91 Å². The van der Waals surface area contributed by atoms with E-state index in [1.807, 2.05) is 38.1 Å². The average molecular weight is 338 g/mol. The summed E-state index contributed by atoms with van der Waals surface area (Å²) < 4.78 is 5.64. The van der Waals surface area contributed by atoms with E-state index in [0.717, 1.165) is 11.1 Å². The minimum Gasteiger partial charge on any atom is -0.491 e. The molecule has 0 spiro atoms. The molecule has 1 aliphatic rings. The van der Waals surface area contributed by atoms with Gasteiger partial charge < -0.3 is 15.0 Å². The molecular formula is C20H22N2O3. The quantitative estimate of drug-likeness (QED) is 0.932. The maximum Gasteiger partial charge on any atom is 0.257 e. The van der Waals surface area contributed by atoms with Crippen LogP contribution in [0.4, 0.5) is 5.69 Å². The first-order chi connectivity index (χ1) is 12.1. The Morgan fingerprint density at radius 3 is 2.84 bits per heavy atom. The highest BCUT2D eigenvalue weighted by molar-refractivity contribution is 6.00. The molecule has 0 aromatic heterocycles. The third kappa shape index (κ3) is 3.99. The standard InChI is InChI=1S/C20H22N2O3/c1-3-22-9-10-25-18-8-7-16(13-17(18)20(22)24)21-19(23)12-15-6-4-5-14(2)11-15/h4-8,11,13H,3,9-10,12H2,1-2H3,(H,21,23). The predicted octanol–water partition coefficient (Wildman–Crippen LogP) is 3.03. The summed E-state index contributed by atoms with van der Waals surface area (Å²) in [5.41, 5.74) is 3.18. The second-order valence-corrected chi connectivity index (χ2v) is 6.16. The third-order valence-electron chi connectivity index (χ3n) is 4.23. The number of benzene rings is 2. The number of ether oxygens (including phenoxy) is 1. The molecule has 2 amide bonds. The van der Waals surface area contributed by atoms with Gasteiger partial charge in [0.05, 0.1) is 18.5 Å². The Morgan fingerprint density at radius 2 is 2.08 bits per heavy atom. The van der Waals surface area contributed by atoms with Gasteiger partial charge in [-0.3, -0.25) is 9.59 Å². The molecule has 0 radical (unpaired) electrons. The van der Waals surface area contributed by atoms with Crippen molar-refractivity contribution < 1.29 is 14.3 Å². The van der Waals surface area contributed by atoms with E-state index in [1.165, 1.54) is 0 Å². The first-order valence-electron chi connectivity index (χ1n) is 8.48. The minimum absolute atomic E-state index is 0.0650. The molecule has 130 valence electrons. The van der Waals surface area contributed by atoms with E-state index in [2.05, 4.69) is 5.32 Å². The lowest BCUT2D eigenvalue weighted by Crippen LogP contribution is -2.32. The largest absolute Gasteiger partial charge is 0.491 e. The van der Waals surface area contributed by atoms with Crippen LogP contribution in [0.1, 0.15) is 28.4 Å². The summed E-state index contributed by atoms with van der Waals surface area (Å²) >= 11 is 0. The van der Waals surface area contributed by atoms with Crippen LogP contribution in [0.3, 0.4) is 0 Å². The Morgan fingerprint density at radius 1 is 1.24 bits per heavy atom. The van der Waals surface area contributed by atoms with Gasteiger partial charge in [-0.1, -0.05) is 29.8 Å². The molecule has 2 aromatic carbocycles. The van der Waals surface area contributed by atoms with Gasteiger partial charge >= 0.3 is 0 Å². The fourth-order valence-electron chi connectivity index (χ4n) is 2.95. The Kier molecular flexibility index (Phi) is 5.03. The molecular weight excluding hydrogens is 316 g/mol. The van der Waals surface area contributed by atoms with Gasteiger partial charge in [-0.25, -0.2) is 0 Å². The maximum atomic E-state index is 12.6. The van der Waals surface area contributed by atoms with E-state index in [9.17, 15) is 9.59 Å². The van der Waals surface area contributed by atoms with Crippen molar-refractivity contribution in [2.75, 3.05) is 25.0 Å². The topological polar surface area (TPSA) is 58.6 Å². The van der Waals surface area contributed by atoms with Crippen molar-refractivity contribution in [1.29, 1.82) is 0 Å². The van der Waals surface area contributed by atoms with Crippen molar-refractivity contribution in [3.05, 3.63) is 59.2 Å². The molecule has 0 unspecified atom stereocenters. The zero-order valence-corrected chi connectivity index (χ0v) is 14.5. The van der Waals surface area contributed by atoms with Gasteiger partial charge in [0.25, 0.3) is 5.91 Å². The Labute approximate surface area is 147 Å². The third-order valence-corrected chi connectivity index (χ3v) is 4.23. The SMILES string of the molecule is CCN1CCOc2ccc(NC(=O)Cc3cccc(C)c3)cc2C1=O. The molecule has 0 atom stereocenters. The highest BCUT2D eigenvalue weighted by Crippen LogP contribution is 2.26. The summed E-state index contributed by atoms with van der Waals surface area (Å²) in [6.45, 7) is 5.62. The highest BCUT2D eigenvalue weighted by atomic mass is 16.5. The normalized spacial score (nSPS) is 13.7. The molecule has 2 aromatic rings. The van der Waals surface area contributed by atoms with Crippen LogP contribution in [0, 0.1) is 6.92 Å². The van der Waals surface area contributed by atoms with Crippen molar-refractivity contribution in [2.24, 2.45) is 0 Å². The van der Waals surface area contributed by atoms with Gasteiger partial charge in [-0.05, 0) is 37.6 Å². The van der Waals surface area contributed by atoms with E-state index >= 15 is 0 Å². The molecule has 1 aliphatic heterocycles. The molecule has 3 rings (SSSR count). The van der Waals surface area contributed by atoms with Crippen molar-refractivity contribution in [2.45, 2.75) is 20.3 Å². The van der Waals surface area contributed by atoms with Crippen LogP contribution < -0.4 is 10.1 Å². The number of carbonyl (C=O) groups excluding carboxylic acids is 2. The number of anilines is 1. The van der Waals surface area contributed by atoms with Gasteiger partial charge in [0.15, 0.2) is 0 Å². The number of nitrogens with zero attached hydrogens (tertiary/aromatic N) is 1. The molecule has 5 nitrogen and oxygen atoms in total. The lowest BCUT2D eigenvalue weighted by atomic mass is 10.1. The fraction of sp³-hybridized carbons (Fsp3) is 0.300. The van der Waals surface area contributed by atoms with Crippen molar-refractivity contribution in [3.8, 4) is 5.75 Å². The molecule has 0 aliphatic carbocycles. The van der Waals surface area contributed by atoms with Crippen LogP contribution in [0.2, 0.25) is 0 Å². The Bertz CT molecular complexity index is 801. The number of amides is 2. The summed E-state index contributed by atoms with van der Waals surface area (Å²) in [6, 6.07) is 13.1. The first-order valence-corrected chi connectivity index (χ1v) is 8.48. The van der Waals surface area contributed by atoms with Crippen LogP contribution >= 0.6 is 0 Å². The van der Waals surface area contributed by atoms with Gasteiger partial charge in [0, 0.05) is 12.2 Å². The summed E-state index contributed by atoms with van der Waals surface area (Å²) in [7, 11) is 0. The monoisotopic (exact) mass is 338 g/mol. The lowest BCUT2D eigenvalue weighted by Gasteiger charge is -2.17. The smallest absolute Gasteiger partial charge is 0.257 e. The van der Waals surface area contributed by atoms with Crippen molar-refractivity contribution in [3.63, 3.8) is 0 Å². The number of hydrogen-bond acceptors (Lipinski definition) is 3. The van der Waals surface area contributed by atoms with E-state index in [0.29, 0.717) is 43.1 Å². The number of fused-ring (bicyclic) bond motifs is 1. The second kappa shape index (κ2) is 7.38. The molecule has 1 N–H and O–H groups in total. The van der Waals surface area contributed by atoms with Crippen LogP contribution in [-0.2, 0) is 11.2 Å². The van der Waals surface area contributed by atoms with Gasteiger partial charge in [0.1, 0.15) is 12.4 Å². The molecule has 0 saturated heterocycles. The molecule has 1 heterocycles. The van der Waals surface area contributed by atoms with Gasteiger partial charge in [-0.15, -0.1) is 0 Å². The lowest BCUT2D eigenvalue weighted by molar-refractivity contribution is -0.115. The molecule has 5 heteroatoms. The van der Waals surface area contributed by atoms with Crippen LogP contribution in [0.15, 0.2) is 42.5 Å². The fourth-order valence-corrected chi connectivity index (χ4v) is 2.95. The summed E-state index contributed by atoms with van der Waals surface area (Å²) in [6.07, 6.45) is 0.296. The summed E-state index contributed by atoms with van der Waals surface area (Å²) in [5, 5.41) is 2.87. The predicted molar refractivity (Wildman–Crippen MR) is 97.0 cm³/mol. The van der Waals surface area contributed by atoms with Crippen molar-refractivity contribution in [1.82, 2.24) is 4.90 Å². The van der Waals surface area contributed by atoms with Crippen LogP contribution in [0.25, 0.3) is 0 Å². The molecule has 0 saturated carbocycles. The number of aryl methyl sites for hydroxylation is 1. The van der Waals surface area contributed by atoms with Gasteiger partial charge in [-0.2, -0.15) is 0 Å². The number of likely N-dealkylation sites (N-methyl/N-ethyl adjacent to an activating group) is 1. The van der Waals surface area contributed by atoms with Crippen LogP contribution in [0.5, 0.6) is 5.75 Å². The summed E-state index contributed by atoms with van der Waals surface area (Å²) in [4.78, 5) is 26.6. The van der Waals surface area contributed by atoms with E-state index in [4.69, 9.17) is 4.74 Å². The highest BCUT2D eigenvalue weighted by Gasteiger charge is 2.23. The zero-order chi connectivity index (χ0) is 17.8. The maximum absolute atomic E-state index is 12.6. The van der Waals surface area contributed by atoms with E-state index < -0.39 is 0 Å². The molecule has 0 bridgehead atoms.